The van der Waals surface area contributed by atoms with E-state index in [2.05, 4.69) is 31.4 Å². The van der Waals surface area contributed by atoms with Crippen molar-refractivity contribution in [2.75, 3.05) is 26.4 Å². The van der Waals surface area contributed by atoms with Crippen LogP contribution in [0.2, 0.25) is 0 Å². The van der Waals surface area contributed by atoms with Crippen molar-refractivity contribution in [2.24, 2.45) is 5.92 Å². The maximum Gasteiger partial charge on any atom is 0.0623 e. The molecule has 0 spiro atoms. The Morgan fingerprint density at radius 3 is 2.60 bits per heavy atom. The Kier molecular flexibility index (Phi) is 6.75. The molecule has 2 N–H and O–H groups in total. The first-order valence-electron chi connectivity index (χ1n) is 8.34. The van der Waals surface area contributed by atoms with E-state index in [9.17, 15) is 0 Å². The maximum absolute atomic E-state index is 5.89. The highest BCUT2D eigenvalue weighted by Crippen LogP contribution is 2.20. The van der Waals surface area contributed by atoms with Gasteiger partial charge in [-0.25, -0.2) is 0 Å². The van der Waals surface area contributed by atoms with E-state index in [4.69, 9.17) is 9.47 Å². The Morgan fingerprint density at radius 2 is 1.90 bits per heavy atom. The zero-order chi connectivity index (χ0) is 14.4. The van der Waals surface area contributed by atoms with Crippen LogP contribution in [0.5, 0.6) is 0 Å². The molecule has 0 amide bonds. The van der Waals surface area contributed by atoms with Gasteiger partial charge in [-0.2, -0.15) is 0 Å². The number of ether oxygens (including phenoxy) is 2. The molecule has 2 saturated heterocycles. The van der Waals surface area contributed by atoms with Crippen LogP contribution >= 0.6 is 0 Å². The van der Waals surface area contributed by atoms with Gasteiger partial charge < -0.3 is 20.1 Å². The van der Waals surface area contributed by atoms with Gasteiger partial charge in [0, 0.05) is 18.1 Å². The van der Waals surface area contributed by atoms with Crippen LogP contribution in [0.3, 0.4) is 0 Å². The number of hydrogen-bond acceptors (Lipinski definition) is 4. The lowest BCUT2D eigenvalue weighted by Gasteiger charge is -2.22. The van der Waals surface area contributed by atoms with E-state index in [0.29, 0.717) is 30.1 Å². The molecule has 0 radical (unpaired) electrons. The van der Waals surface area contributed by atoms with Crippen molar-refractivity contribution in [3.63, 3.8) is 0 Å². The molecule has 2 aliphatic heterocycles. The smallest absolute Gasteiger partial charge is 0.0623 e. The van der Waals surface area contributed by atoms with Crippen molar-refractivity contribution in [3.05, 3.63) is 0 Å². The van der Waals surface area contributed by atoms with Crippen molar-refractivity contribution >= 4 is 0 Å². The van der Waals surface area contributed by atoms with Crippen LogP contribution in [0, 0.1) is 5.92 Å². The highest BCUT2D eigenvalue weighted by Gasteiger charge is 2.28. The average Bonchev–Trinajstić information content (AvgIpc) is 3.07. The second-order valence-corrected chi connectivity index (χ2v) is 6.74. The maximum atomic E-state index is 5.89. The summed E-state index contributed by atoms with van der Waals surface area (Å²) in [5.74, 6) is 0.584. The van der Waals surface area contributed by atoms with Crippen LogP contribution < -0.4 is 10.6 Å². The van der Waals surface area contributed by atoms with E-state index in [1.165, 1.54) is 25.7 Å². The Labute approximate surface area is 124 Å². The standard InChI is InChI=1S/C16H32N2O2/c1-12(2)20-11-15-6-7-16(18-15)13(3)9-19-10-14-5-4-8-17-14/h12-18H,4-11H2,1-3H3. The third-order valence-corrected chi connectivity index (χ3v) is 4.46. The monoisotopic (exact) mass is 284 g/mol. The molecule has 4 heteroatoms. The Balaban J connectivity index is 1.57. The first kappa shape index (κ1) is 16.2. The number of hydrogen-bond donors (Lipinski definition) is 2. The molecule has 2 aliphatic rings. The van der Waals surface area contributed by atoms with Crippen molar-refractivity contribution in [2.45, 2.75) is 70.7 Å². The molecule has 4 nitrogen and oxygen atoms in total. The van der Waals surface area contributed by atoms with Gasteiger partial charge in [0.25, 0.3) is 0 Å². The van der Waals surface area contributed by atoms with Crippen LogP contribution in [-0.2, 0) is 9.47 Å². The second-order valence-electron chi connectivity index (χ2n) is 6.74. The summed E-state index contributed by atoms with van der Waals surface area (Å²) in [6.45, 7) is 10.2. The minimum atomic E-state index is 0.329. The fraction of sp³-hybridized carbons (Fsp3) is 1.00. The lowest BCUT2D eigenvalue weighted by atomic mass is 10.0. The molecular weight excluding hydrogens is 252 g/mol. The van der Waals surface area contributed by atoms with Gasteiger partial charge in [-0.05, 0) is 52.0 Å². The Bertz CT molecular complexity index is 267. The molecular formula is C16H32N2O2. The first-order valence-corrected chi connectivity index (χ1v) is 8.34. The molecule has 0 aromatic carbocycles. The summed E-state index contributed by atoms with van der Waals surface area (Å²) in [7, 11) is 0. The molecule has 0 aromatic rings. The SMILES string of the molecule is CC(C)OCC1CCC(C(C)COCC2CCCN2)N1. The minimum Gasteiger partial charge on any atom is -0.379 e. The van der Waals surface area contributed by atoms with Gasteiger partial charge in [0.05, 0.1) is 25.9 Å². The summed E-state index contributed by atoms with van der Waals surface area (Å²) in [6, 6.07) is 1.71. The van der Waals surface area contributed by atoms with Crippen LogP contribution in [0.1, 0.15) is 46.5 Å². The molecule has 0 aliphatic carbocycles. The summed E-state index contributed by atoms with van der Waals surface area (Å²) in [5.41, 5.74) is 0. The summed E-state index contributed by atoms with van der Waals surface area (Å²) in [6.07, 6.45) is 5.37. The first-order chi connectivity index (χ1) is 9.65. The van der Waals surface area contributed by atoms with Crippen molar-refractivity contribution in [1.82, 2.24) is 10.6 Å². The summed E-state index contributed by atoms with van der Waals surface area (Å²) >= 11 is 0. The largest absolute Gasteiger partial charge is 0.379 e. The molecule has 2 heterocycles. The van der Waals surface area contributed by atoms with E-state index in [-0.39, 0.29) is 0 Å². The van der Waals surface area contributed by atoms with Crippen molar-refractivity contribution < 1.29 is 9.47 Å². The van der Waals surface area contributed by atoms with E-state index in [0.717, 1.165) is 26.4 Å². The zero-order valence-electron chi connectivity index (χ0n) is 13.4. The van der Waals surface area contributed by atoms with E-state index < -0.39 is 0 Å². The molecule has 0 saturated carbocycles. The fourth-order valence-corrected chi connectivity index (χ4v) is 3.15. The topological polar surface area (TPSA) is 42.5 Å². The highest BCUT2D eigenvalue weighted by molar-refractivity contribution is 4.86. The van der Waals surface area contributed by atoms with Crippen LogP contribution in [0.4, 0.5) is 0 Å². The van der Waals surface area contributed by atoms with E-state index in [1.54, 1.807) is 0 Å². The molecule has 2 rings (SSSR count). The highest BCUT2D eigenvalue weighted by atomic mass is 16.5. The molecule has 4 atom stereocenters. The Hall–Kier alpha value is -0.160. The molecule has 0 bridgehead atoms. The van der Waals surface area contributed by atoms with E-state index in [1.807, 2.05) is 0 Å². The van der Waals surface area contributed by atoms with Gasteiger partial charge in [-0.1, -0.05) is 6.92 Å². The van der Waals surface area contributed by atoms with Gasteiger partial charge in [0.2, 0.25) is 0 Å². The average molecular weight is 284 g/mol. The molecule has 0 aromatic heterocycles. The summed E-state index contributed by atoms with van der Waals surface area (Å²) in [4.78, 5) is 0. The number of rotatable bonds is 8. The van der Waals surface area contributed by atoms with Crippen LogP contribution in [-0.4, -0.2) is 50.6 Å². The lowest BCUT2D eigenvalue weighted by Crippen LogP contribution is -2.38. The van der Waals surface area contributed by atoms with Crippen LogP contribution in [0.25, 0.3) is 0 Å². The minimum absolute atomic E-state index is 0.329. The second kappa shape index (κ2) is 8.32. The predicted octanol–water partition coefficient (Wildman–Crippen LogP) is 1.94. The zero-order valence-corrected chi connectivity index (χ0v) is 13.4. The van der Waals surface area contributed by atoms with Gasteiger partial charge >= 0.3 is 0 Å². The summed E-state index contributed by atoms with van der Waals surface area (Å²) < 4.78 is 11.6. The van der Waals surface area contributed by atoms with Gasteiger partial charge in [-0.3, -0.25) is 0 Å². The van der Waals surface area contributed by atoms with Gasteiger partial charge in [-0.15, -0.1) is 0 Å². The molecule has 20 heavy (non-hydrogen) atoms. The lowest BCUT2D eigenvalue weighted by molar-refractivity contribution is 0.0593. The van der Waals surface area contributed by atoms with Crippen LogP contribution in [0.15, 0.2) is 0 Å². The molecule has 4 unspecified atom stereocenters. The van der Waals surface area contributed by atoms with Crippen molar-refractivity contribution in [3.8, 4) is 0 Å². The third-order valence-electron chi connectivity index (χ3n) is 4.46. The predicted molar refractivity (Wildman–Crippen MR) is 82.0 cm³/mol. The number of nitrogens with one attached hydrogen (secondary N) is 2. The fourth-order valence-electron chi connectivity index (χ4n) is 3.15. The molecule has 2 fully saturated rings. The van der Waals surface area contributed by atoms with Gasteiger partial charge in [0.15, 0.2) is 0 Å². The van der Waals surface area contributed by atoms with Gasteiger partial charge in [0.1, 0.15) is 0 Å². The summed E-state index contributed by atoms with van der Waals surface area (Å²) in [5, 5.41) is 7.18. The quantitative estimate of drug-likeness (QED) is 0.715. The third kappa shape index (κ3) is 5.32. The van der Waals surface area contributed by atoms with E-state index >= 15 is 0 Å². The normalized spacial score (nSPS) is 32.1. The van der Waals surface area contributed by atoms with Crippen molar-refractivity contribution in [1.29, 1.82) is 0 Å². The molecule has 118 valence electrons. The Morgan fingerprint density at radius 1 is 1.05 bits per heavy atom.